The number of aliphatic hydroxyl groups excluding tert-OH is 2. The van der Waals surface area contributed by atoms with Gasteiger partial charge in [0.1, 0.15) is 23.1 Å². The van der Waals surface area contributed by atoms with Crippen molar-refractivity contribution < 1.29 is 19.0 Å². The Hall–Kier alpha value is -4.40. The molecule has 2 aromatic heterocycles. The molecule has 0 spiro atoms. The fourth-order valence-electron chi connectivity index (χ4n) is 5.40. The summed E-state index contributed by atoms with van der Waals surface area (Å²) in [7, 11) is 0. The monoisotopic (exact) mass is 510 g/mol. The van der Waals surface area contributed by atoms with Gasteiger partial charge in [0.05, 0.1) is 28.8 Å². The molecule has 1 unspecified atom stereocenters. The molecule has 6 rings (SSSR count). The third-order valence-corrected chi connectivity index (χ3v) is 7.33. The molecule has 0 aliphatic rings. The highest BCUT2D eigenvalue weighted by molar-refractivity contribution is 6.20. The van der Waals surface area contributed by atoms with Crippen LogP contribution in [-0.2, 0) is 0 Å². The van der Waals surface area contributed by atoms with Gasteiger partial charge in [-0.05, 0) is 50.1 Å². The molecule has 2 heterocycles. The van der Waals surface area contributed by atoms with Crippen molar-refractivity contribution in [3.05, 3.63) is 65.7 Å². The van der Waals surface area contributed by atoms with E-state index in [-0.39, 0.29) is 13.2 Å². The number of hydrogen-bond donors (Lipinski definition) is 5. The molecular formula is C30H30N4O4. The van der Waals surface area contributed by atoms with Gasteiger partial charge in [-0.25, -0.2) is 0 Å². The maximum atomic E-state index is 10.8. The molecule has 0 saturated carbocycles. The first kappa shape index (κ1) is 24.0. The number of anilines is 5. The third-order valence-electron chi connectivity index (χ3n) is 7.33. The fraction of sp³-hybridized carbons (Fsp3) is 0.200. The Morgan fingerprint density at radius 1 is 0.895 bits per heavy atom. The Labute approximate surface area is 219 Å². The predicted octanol–water partition coefficient (Wildman–Crippen LogP) is 6.15. The van der Waals surface area contributed by atoms with Crippen molar-refractivity contribution in [1.29, 1.82) is 0 Å². The van der Waals surface area contributed by atoms with Gasteiger partial charge >= 0.3 is 0 Å². The van der Waals surface area contributed by atoms with E-state index in [0.29, 0.717) is 45.2 Å². The lowest BCUT2D eigenvalue weighted by Gasteiger charge is -2.31. The Morgan fingerprint density at radius 2 is 1.47 bits per heavy atom. The van der Waals surface area contributed by atoms with E-state index in [9.17, 15) is 10.2 Å². The molecular weight excluding hydrogens is 480 g/mol. The van der Waals surface area contributed by atoms with Crippen LogP contribution in [0.3, 0.4) is 0 Å². The van der Waals surface area contributed by atoms with Crippen molar-refractivity contribution in [3.63, 3.8) is 0 Å². The molecule has 0 radical (unpaired) electrons. The molecule has 38 heavy (non-hydrogen) atoms. The van der Waals surface area contributed by atoms with E-state index in [1.54, 1.807) is 11.8 Å². The molecule has 8 heteroatoms. The van der Waals surface area contributed by atoms with Crippen LogP contribution in [0.5, 0.6) is 0 Å². The molecule has 0 fully saturated rings. The average Bonchev–Trinajstić information content (AvgIpc) is 3.48. The molecule has 0 bridgehead atoms. The molecule has 7 N–H and O–H groups in total. The number of nitrogens with one attached hydrogen (secondary N) is 1. The maximum Gasteiger partial charge on any atom is 0.163 e. The second kappa shape index (κ2) is 8.86. The maximum absolute atomic E-state index is 10.8. The van der Waals surface area contributed by atoms with Crippen LogP contribution in [0.1, 0.15) is 18.1 Å². The lowest BCUT2D eigenvalue weighted by molar-refractivity contribution is 0.178. The molecule has 0 amide bonds. The highest BCUT2D eigenvalue weighted by Crippen LogP contribution is 2.49. The number of nitrogens with zero attached hydrogens (tertiary/aromatic N) is 1. The normalized spacial score (nSPS) is 12.7. The number of nitrogen functional groups attached to an aromatic ring is 2. The summed E-state index contributed by atoms with van der Waals surface area (Å²) in [5.41, 5.74) is 20.7. The van der Waals surface area contributed by atoms with Crippen molar-refractivity contribution in [3.8, 4) is 0 Å². The second-order valence-corrected chi connectivity index (χ2v) is 9.70. The SMILES string of the molecule is Cc1cc(Nc2c(C)c(N)c3c(oc4ccccc43)c2N(CCO)C(C)O)c2oc3ccccc3c2c1N. The third kappa shape index (κ3) is 3.45. The van der Waals surface area contributed by atoms with Crippen molar-refractivity contribution >= 4 is 72.3 Å². The molecule has 0 aliphatic carbocycles. The summed E-state index contributed by atoms with van der Waals surface area (Å²) in [6.45, 7) is 5.57. The summed E-state index contributed by atoms with van der Waals surface area (Å²) in [5, 5.41) is 27.7. The molecule has 0 saturated heterocycles. The summed E-state index contributed by atoms with van der Waals surface area (Å²) in [6.07, 6.45) is -0.915. The van der Waals surface area contributed by atoms with Gasteiger partial charge in [0, 0.05) is 28.7 Å². The van der Waals surface area contributed by atoms with Crippen LogP contribution < -0.4 is 21.7 Å². The minimum atomic E-state index is -0.915. The van der Waals surface area contributed by atoms with Crippen molar-refractivity contribution in [1.82, 2.24) is 0 Å². The van der Waals surface area contributed by atoms with Gasteiger partial charge in [-0.15, -0.1) is 0 Å². The minimum absolute atomic E-state index is 0.162. The van der Waals surface area contributed by atoms with E-state index in [0.717, 1.165) is 38.3 Å². The topological polar surface area (TPSA) is 134 Å². The van der Waals surface area contributed by atoms with Gasteiger partial charge in [-0.2, -0.15) is 0 Å². The van der Waals surface area contributed by atoms with Crippen LogP contribution in [0.2, 0.25) is 0 Å². The smallest absolute Gasteiger partial charge is 0.163 e. The van der Waals surface area contributed by atoms with E-state index < -0.39 is 6.23 Å². The van der Waals surface area contributed by atoms with Crippen LogP contribution >= 0.6 is 0 Å². The number of aryl methyl sites for hydroxylation is 1. The number of furan rings is 2. The lowest BCUT2D eigenvalue weighted by atomic mass is 10.0. The average molecular weight is 511 g/mol. The lowest BCUT2D eigenvalue weighted by Crippen LogP contribution is -2.36. The zero-order valence-corrected chi connectivity index (χ0v) is 21.5. The highest BCUT2D eigenvalue weighted by Gasteiger charge is 2.28. The molecule has 6 aromatic rings. The number of rotatable bonds is 6. The Balaban J connectivity index is 1.69. The minimum Gasteiger partial charge on any atom is -0.454 e. The van der Waals surface area contributed by atoms with Crippen LogP contribution in [0.25, 0.3) is 43.9 Å². The zero-order valence-electron chi connectivity index (χ0n) is 21.5. The van der Waals surface area contributed by atoms with E-state index in [4.69, 9.17) is 20.3 Å². The number of fused-ring (bicyclic) bond motifs is 6. The highest BCUT2D eigenvalue weighted by atomic mass is 16.3. The summed E-state index contributed by atoms with van der Waals surface area (Å²) in [6, 6.07) is 17.4. The largest absolute Gasteiger partial charge is 0.454 e. The van der Waals surface area contributed by atoms with E-state index in [2.05, 4.69) is 5.32 Å². The van der Waals surface area contributed by atoms with E-state index >= 15 is 0 Å². The van der Waals surface area contributed by atoms with Gasteiger partial charge in [0.15, 0.2) is 11.2 Å². The first-order chi connectivity index (χ1) is 18.3. The number of para-hydroxylation sites is 2. The summed E-state index contributed by atoms with van der Waals surface area (Å²) in [5.74, 6) is 0. The number of nitrogens with two attached hydrogens (primary N) is 2. The van der Waals surface area contributed by atoms with Crippen LogP contribution in [-0.4, -0.2) is 29.6 Å². The Bertz CT molecular complexity index is 1850. The Morgan fingerprint density at radius 3 is 2.08 bits per heavy atom. The van der Waals surface area contributed by atoms with Crippen LogP contribution in [0.15, 0.2) is 63.4 Å². The Kier molecular flexibility index (Phi) is 5.59. The standard InChI is InChI=1S/C30H30N4O4/c1-15-14-20(29-23(25(15)31)18-8-4-6-10-21(18)37-29)33-27-16(2)26(32)24-19-9-5-7-11-22(19)38-30(24)28(27)34(12-13-35)17(3)36/h4-11,14,17,33,35-36H,12-13,31-32H2,1-3H3. The molecule has 0 aliphatic heterocycles. The number of aliphatic hydroxyl groups is 2. The predicted molar refractivity (Wildman–Crippen MR) is 155 cm³/mol. The van der Waals surface area contributed by atoms with Crippen molar-refractivity contribution in [2.75, 3.05) is 34.8 Å². The van der Waals surface area contributed by atoms with Gasteiger partial charge < -0.3 is 40.7 Å². The first-order valence-electron chi connectivity index (χ1n) is 12.6. The number of benzene rings is 4. The summed E-state index contributed by atoms with van der Waals surface area (Å²) >= 11 is 0. The van der Waals surface area contributed by atoms with Gasteiger partial charge in [-0.1, -0.05) is 36.4 Å². The van der Waals surface area contributed by atoms with Gasteiger partial charge in [-0.3, -0.25) is 0 Å². The zero-order chi connectivity index (χ0) is 26.7. The van der Waals surface area contributed by atoms with Gasteiger partial charge in [0.2, 0.25) is 0 Å². The first-order valence-corrected chi connectivity index (χ1v) is 12.6. The molecule has 194 valence electrons. The van der Waals surface area contributed by atoms with Crippen LogP contribution in [0.4, 0.5) is 28.4 Å². The molecule has 8 nitrogen and oxygen atoms in total. The van der Waals surface area contributed by atoms with Gasteiger partial charge in [0.25, 0.3) is 0 Å². The van der Waals surface area contributed by atoms with Crippen molar-refractivity contribution in [2.24, 2.45) is 0 Å². The molecule has 4 aromatic carbocycles. The quantitative estimate of drug-likeness (QED) is 0.133. The van der Waals surface area contributed by atoms with E-state index in [1.165, 1.54) is 0 Å². The summed E-state index contributed by atoms with van der Waals surface area (Å²) < 4.78 is 12.6. The second-order valence-electron chi connectivity index (χ2n) is 9.70. The van der Waals surface area contributed by atoms with Crippen molar-refractivity contribution in [2.45, 2.75) is 27.0 Å². The van der Waals surface area contributed by atoms with Crippen LogP contribution in [0, 0.1) is 13.8 Å². The van der Waals surface area contributed by atoms with E-state index in [1.807, 2.05) is 68.4 Å². The fourth-order valence-corrected chi connectivity index (χ4v) is 5.40. The number of hydrogen-bond acceptors (Lipinski definition) is 8. The molecule has 1 atom stereocenters. The summed E-state index contributed by atoms with van der Waals surface area (Å²) in [4.78, 5) is 1.71.